The predicted octanol–water partition coefficient (Wildman–Crippen LogP) is 2.70. The molecule has 0 bridgehead atoms. The standard InChI is InChI=1S/C22H29N3O2/c1-17(26)23-15-14-22(16-24-18(2)27,19-8-6-5-7-9-19)20-10-12-21(13-11-20)25(3)4/h5-13H,14-16H2,1-4H3,(H,23,26)(H,24,27). The molecule has 0 heterocycles. The molecule has 0 fully saturated rings. The molecule has 0 saturated heterocycles. The zero-order valence-electron chi connectivity index (χ0n) is 16.6. The normalized spacial score (nSPS) is 12.7. The van der Waals surface area contributed by atoms with Crippen molar-refractivity contribution in [2.45, 2.75) is 25.7 Å². The fourth-order valence-corrected chi connectivity index (χ4v) is 3.31. The second-order valence-corrected chi connectivity index (χ2v) is 7.03. The Balaban J connectivity index is 2.50. The zero-order chi connectivity index (χ0) is 19.9. The zero-order valence-corrected chi connectivity index (χ0v) is 16.6. The van der Waals surface area contributed by atoms with Crippen molar-refractivity contribution < 1.29 is 9.59 Å². The molecule has 2 aromatic carbocycles. The van der Waals surface area contributed by atoms with Crippen LogP contribution in [0.2, 0.25) is 0 Å². The number of nitrogens with zero attached hydrogens (tertiary/aromatic N) is 1. The summed E-state index contributed by atoms with van der Waals surface area (Å²) in [7, 11) is 4.01. The Morgan fingerprint density at radius 1 is 0.852 bits per heavy atom. The van der Waals surface area contributed by atoms with Crippen LogP contribution in [0.4, 0.5) is 5.69 Å². The van der Waals surface area contributed by atoms with E-state index in [2.05, 4.69) is 51.9 Å². The highest BCUT2D eigenvalue weighted by Gasteiger charge is 2.34. The second kappa shape index (κ2) is 9.21. The first kappa shape index (κ1) is 20.5. The van der Waals surface area contributed by atoms with Crippen LogP contribution >= 0.6 is 0 Å². The Bertz CT molecular complexity index is 757. The third-order valence-electron chi connectivity index (χ3n) is 4.83. The minimum atomic E-state index is -0.430. The summed E-state index contributed by atoms with van der Waals surface area (Å²) in [5.41, 5.74) is 2.91. The van der Waals surface area contributed by atoms with Gasteiger partial charge >= 0.3 is 0 Å². The van der Waals surface area contributed by atoms with Crippen molar-refractivity contribution in [2.75, 3.05) is 32.1 Å². The maximum Gasteiger partial charge on any atom is 0.216 e. The van der Waals surface area contributed by atoms with E-state index in [0.29, 0.717) is 19.5 Å². The Morgan fingerprint density at radius 2 is 1.41 bits per heavy atom. The SMILES string of the molecule is CC(=O)NCCC(CNC(C)=O)(c1ccccc1)c1ccc(N(C)C)cc1. The molecule has 144 valence electrons. The molecule has 2 rings (SSSR count). The molecular formula is C22H29N3O2. The molecule has 0 aromatic heterocycles. The number of amides is 2. The molecule has 27 heavy (non-hydrogen) atoms. The van der Waals surface area contributed by atoms with E-state index in [1.165, 1.54) is 13.8 Å². The molecule has 0 aliphatic carbocycles. The summed E-state index contributed by atoms with van der Waals surface area (Å²) in [6, 6.07) is 18.5. The monoisotopic (exact) mass is 367 g/mol. The van der Waals surface area contributed by atoms with Gasteiger partial charge < -0.3 is 15.5 Å². The summed E-state index contributed by atoms with van der Waals surface area (Å²) < 4.78 is 0. The first-order chi connectivity index (χ1) is 12.8. The van der Waals surface area contributed by atoms with E-state index in [0.717, 1.165) is 16.8 Å². The molecule has 0 aliphatic heterocycles. The molecule has 2 aromatic rings. The summed E-state index contributed by atoms with van der Waals surface area (Å²) in [5.74, 6) is -0.126. The van der Waals surface area contributed by atoms with Gasteiger partial charge in [0.05, 0.1) is 0 Å². The molecule has 5 heteroatoms. The van der Waals surface area contributed by atoms with Gasteiger partial charge in [-0.1, -0.05) is 42.5 Å². The lowest BCUT2D eigenvalue weighted by Crippen LogP contribution is -2.43. The summed E-state index contributed by atoms with van der Waals surface area (Å²) in [5, 5.41) is 5.89. The molecule has 2 amide bonds. The van der Waals surface area contributed by atoms with Crippen LogP contribution in [0, 0.1) is 0 Å². The van der Waals surface area contributed by atoms with Crippen LogP contribution in [0.1, 0.15) is 31.4 Å². The van der Waals surface area contributed by atoms with E-state index in [-0.39, 0.29) is 11.8 Å². The average molecular weight is 367 g/mol. The molecule has 0 saturated carbocycles. The van der Waals surface area contributed by atoms with Gasteiger partial charge in [0.25, 0.3) is 0 Å². The Labute approximate surface area is 161 Å². The number of nitrogens with one attached hydrogen (secondary N) is 2. The van der Waals surface area contributed by atoms with Gasteiger partial charge in [-0.3, -0.25) is 9.59 Å². The van der Waals surface area contributed by atoms with Crippen molar-refractivity contribution in [1.82, 2.24) is 10.6 Å². The van der Waals surface area contributed by atoms with Gasteiger partial charge in [0, 0.05) is 52.1 Å². The average Bonchev–Trinajstić information content (AvgIpc) is 2.65. The lowest BCUT2D eigenvalue weighted by atomic mass is 9.71. The highest BCUT2D eigenvalue weighted by Crippen LogP contribution is 2.36. The highest BCUT2D eigenvalue weighted by molar-refractivity contribution is 5.73. The van der Waals surface area contributed by atoms with Gasteiger partial charge in [0.2, 0.25) is 11.8 Å². The quantitative estimate of drug-likeness (QED) is 0.754. The summed E-state index contributed by atoms with van der Waals surface area (Å²) in [6.07, 6.45) is 0.679. The molecule has 1 unspecified atom stereocenters. The maximum absolute atomic E-state index is 11.7. The fraction of sp³-hybridized carbons (Fsp3) is 0.364. The van der Waals surface area contributed by atoms with Crippen LogP contribution in [0.25, 0.3) is 0 Å². The lowest BCUT2D eigenvalue weighted by molar-refractivity contribution is -0.120. The van der Waals surface area contributed by atoms with E-state index in [1.54, 1.807) is 0 Å². The van der Waals surface area contributed by atoms with Crippen molar-refractivity contribution in [2.24, 2.45) is 0 Å². The molecule has 0 spiro atoms. The predicted molar refractivity (Wildman–Crippen MR) is 110 cm³/mol. The number of hydrogen-bond donors (Lipinski definition) is 2. The van der Waals surface area contributed by atoms with Crippen molar-refractivity contribution in [1.29, 1.82) is 0 Å². The summed E-state index contributed by atoms with van der Waals surface area (Å²) >= 11 is 0. The van der Waals surface area contributed by atoms with Crippen LogP contribution in [-0.2, 0) is 15.0 Å². The van der Waals surface area contributed by atoms with Crippen LogP contribution in [0.3, 0.4) is 0 Å². The molecule has 5 nitrogen and oxygen atoms in total. The van der Waals surface area contributed by atoms with Gasteiger partial charge in [-0.15, -0.1) is 0 Å². The van der Waals surface area contributed by atoms with Crippen molar-refractivity contribution in [3.05, 3.63) is 65.7 Å². The third kappa shape index (κ3) is 5.33. The minimum Gasteiger partial charge on any atom is -0.378 e. The first-order valence-corrected chi connectivity index (χ1v) is 9.17. The second-order valence-electron chi connectivity index (χ2n) is 7.03. The molecule has 2 N–H and O–H groups in total. The lowest BCUT2D eigenvalue weighted by Gasteiger charge is -2.36. The van der Waals surface area contributed by atoms with E-state index >= 15 is 0 Å². The van der Waals surface area contributed by atoms with Crippen LogP contribution in [0.5, 0.6) is 0 Å². The number of rotatable bonds is 8. The fourth-order valence-electron chi connectivity index (χ4n) is 3.31. The van der Waals surface area contributed by atoms with E-state index < -0.39 is 5.41 Å². The van der Waals surface area contributed by atoms with Gasteiger partial charge in [0.1, 0.15) is 0 Å². The minimum absolute atomic E-state index is 0.0561. The van der Waals surface area contributed by atoms with Gasteiger partial charge in [-0.25, -0.2) is 0 Å². The van der Waals surface area contributed by atoms with Crippen molar-refractivity contribution >= 4 is 17.5 Å². The van der Waals surface area contributed by atoms with Crippen molar-refractivity contribution in [3.63, 3.8) is 0 Å². The Kier molecular flexibility index (Phi) is 6.99. The third-order valence-corrected chi connectivity index (χ3v) is 4.83. The van der Waals surface area contributed by atoms with Gasteiger partial charge in [-0.05, 0) is 29.7 Å². The highest BCUT2D eigenvalue weighted by atomic mass is 16.2. The Hall–Kier alpha value is -2.82. The maximum atomic E-state index is 11.7. The van der Waals surface area contributed by atoms with Crippen LogP contribution < -0.4 is 15.5 Å². The molecule has 0 aliphatic rings. The largest absolute Gasteiger partial charge is 0.378 e. The van der Waals surface area contributed by atoms with Crippen molar-refractivity contribution in [3.8, 4) is 0 Å². The first-order valence-electron chi connectivity index (χ1n) is 9.17. The number of hydrogen-bond acceptors (Lipinski definition) is 3. The van der Waals surface area contributed by atoms with E-state index in [4.69, 9.17) is 0 Å². The number of carbonyl (C=O) groups excluding carboxylic acids is 2. The molecule has 1 atom stereocenters. The summed E-state index contributed by atoms with van der Waals surface area (Å²) in [6.45, 7) is 4.04. The number of carbonyl (C=O) groups is 2. The van der Waals surface area contributed by atoms with Gasteiger partial charge in [0.15, 0.2) is 0 Å². The number of benzene rings is 2. The van der Waals surface area contributed by atoms with E-state index in [1.807, 2.05) is 32.3 Å². The van der Waals surface area contributed by atoms with Crippen LogP contribution in [-0.4, -0.2) is 39.0 Å². The molecule has 0 radical (unpaired) electrons. The van der Waals surface area contributed by atoms with Crippen LogP contribution in [0.15, 0.2) is 54.6 Å². The Morgan fingerprint density at radius 3 is 1.93 bits per heavy atom. The summed E-state index contributed by atoms with van der Waals surface area (Å²) in [4.78, 5) is 25.1. The molecular weight excluding hydrogens is 338 g/mol. The van der Waals surface area contributed by atoms with E-state index in [9.17, 15) is 9.59 Å². The topological polar surface area (TPSA) is 61.4 Å². The van der Waals surface area contributed by atoms with Gasteiger partial charge in [-0.2, -0.15) is 0 Å². The smallest absolute Gasteiger partial charge is 0.216 e. The number of anilines is 1.